The van der Waals surface area contributed by atoms with Crippen LogP contribution in [0.4, 0.5) is 0 Å². The van der Waals surface area contributed by atoms with Gasteiger partial charge in [-0.25, -0.2) is 0 Å². The topological polar surface area (TPSA) is 37.4 Å². The molecular weight excluding hydrogens is 222 g/mol. The molecule has 0 aliphatic carbocycles. The Morgan fingerprint density at radius 2 is 2.25 bits per heavy atom. The maximum atomic E-state index is 11.6. The molecule has 1 aliphatic heterocycles. The molecule has 0 radical (unpaired) electrons. The van der Waals surface area contributed by atoms with E-state index in [1.54, 1.807) is 16.2 Å². The van der Waals surface area contributed by atoms with Gasteiger partial charge in [0.25, 0.3) is 0 Å². The van der Waals surface area contributed by atoms with Crippen LogP contribution < -0.4 is 0 Å². The highest BCUT2D eigenvalue weighted by molar-refractivity contribution is 7.10. The van der Waals surface area contributed by atoms with Gasteiger partial charge in [0.05, 0.1) is 13.0 Å². The van der Waals surface area contributed by atoms with E-state index >= 15 is 0 Å². The van der Waals surface area contributed by atoms with Crippen LogP contribution in [0.2, 0.25) is 0 Å². The van der Waals surface area contributed by atoms with Crippen LogP contribution >= 0.6 is 11.3 Å². The predicted molar refractivity (Wildman–Crippen MR) is 63.4 cm³/mol. The lowest BCUT2D eigenvalue weighted by molar-refractivity contribution is -0.139. The van der Waals surface area contributed by atoms with E-state index in [1.165, 1.54) is 10.4 Å². The van der Waals surface area contributed by atoms with E-state index in [1.807, 2.05) is 0 Å². The fourth-order valence-electron chi connectivity index (χ4n) is 1.91. The molecule has 0 bridgehead atoms. The van der Waals surface area contributed by atoms with Crippen molar-refractivity contribution in [1.82, 2.24) is 4.90 Å². The van der Waals surface area contributed by atoms with Crippen LogP contribution in [-0.2, 0) is 22.6 Å². The zero-order valence-electron chi connectivity index (χ0n) is 9.36. The zero-order chi connectivity index (χ0) is 11.5. The smallest absolute Gasteiger partial charge is 0.230 e. The van der Waals surface area contributed by atoms with Gasteiger partial charge >= 0.3 is 0 Å². The van der Waals surface area contributed by atoms with Crippen LogP contribution in [0.15, 0.2) is 11.4 Å². The zero-order valence-corrected chi connectivity index (χ0v) is 10.2. The van der Waals surface area contributed by atoms with Gasteiger partial charge in [-0.1, -0.05) is 6.92 Å². The van der Waals surface area contributed by atoms with E-state index in [0.717, 1.165) is 6.42 Å². The van der Waals surface area contributed by atoms with Gasteiger partial charge in [0.15, 0.2) is 0 Å². The number of carbonyl (C=O) groups excluding carboxylic acids is 2. The maximum Gasteiger partial charge on any atom is 0.230 e. The number of rotatable bonds is 3. The number of amides is 1. The summed E-state index contributed by atoms with van der Waals surface area (Å²) in [6.07, 6.45) is 1.60. The Hall–Kier alpha value is -1.16. The average molecular weight is 237 g/mol. The molecule has 0 unspecified atom stereocenters. The van der Waals surface area contributed by atoms with E-state index in [2.05, 4.69) is 18.4 Å². The summed E-state index contributed by atoms with van der Waals surface area (Å²) in [5.41, 5.74) is 1.31. The Morgan fingerprint density at radius 3 is 2.94 bits per heavy atom. The van der Waals surface area contributed by atoms with Crippen molar-refractivity contribution in [2.24, 2.45) is 0 Å². The van der Waals surface area contributed by atoms with Crippen molar-refractivity contribution in [2.45, 2.75) is 32.7 Å². The lowest BCUT2D eigenvalue weighted by Gasteiger charge is -2.25. The van der Waals surface area contributed by atoms with Crippen molar-refractivity contribution in [3.05, 3.63) is 21.9 Å². The van der Waals surface area contributed by atoms with E-state index < -0.39 is 0 Å². The molecule has 1 saturated heterocycles. The number of hydrogen-bond acceptors (Lipinski definition) is 3. The minimum absolute atomic E-state index is 0.0216. The first-order chi connectivity index (χ1) is 7.70. The van der Waals surface area contributed by atoms with E-state index in [0.29, 0.717) is 19.5 Å². The molecule has 0 N–H and O–H groups in total. The number of likely N-dealkylation sites (tertiary alicyclic amines) is 1. The second-order valence-electron chi connectivity index (χ2n) is 4.00. The molecule has 1 fully saturated rings. The van der Waals surface area contributed by atoms with E-state index in [4.69, 9.17) is 0 Å². The Kier molecular flexibility index (Phi) is 3.39. The van der Waals surface area contributed by atoms with Crippen molar-refractivity contribution < 1.29 is 9.59 Å². The number of carbonyl (C=O) groups is 2. The van der Waals surface area contributed by atoms with E-state index in [-0.39, 0.29) is 18.1 Å². The Morgan fingerprint density at radius 1 is 1.44 bits per heavy atom. The SMILES string of the molecule is CCc1ccsc1CN1CCC(=O)CC1=O. The number of ketones is 1. The molecule has 0 saturated carbocycles. The summed E-state index contributed by atoms with van der Waals surface area (Å²) >= 11 is 1.69. The van der Waals surface area contributed by atoms with Gasteiger partial charge in [-0.05, 0) is 23.4 Å². The second-order valence-corrected chi connectivity index (χ2v) is 5.00. The van der Waals surface area contributed by atoms with Gasteiger partial charge in [-0.3, -0.25) is 9.59 Å². The standard InChI is InChI=1S/C12H15NO2S/c1-2-9-4-6-16-11(9)8-13-5-3-10(14)7-12(13)15/h4,6H,2-3,5,7-8H2,1H3. The van der Waals surface area contributed by atoms with Crippen molar-refractivity contribution >= 4 is 23.0 Å². The molecular formula is C12H15NO2S. The molecule has 1 aromatic rings. The molecule has 1 aliphatic rings. The average Bonchev–Trinajstić information content (AvgIpc) is 2.69. The Bertz CT molecular complexity index is 411. The van der Waals surface area contributed by atoms with Crippen LogP contribution in [0.1, 0.15) is 30.2 Å². The van der Waals surface area contributed by atoms with Gasteiger partial charge in [0.1, 0.15) is 5.78 Å². The number of aryl methyl sites for hydroxylation is 1. The number of hydrogen-bond donors (Lipinski definition) is 0. The lowest BCUT2D eigenvalue weighted by Crippen LogP contribution is -2.38. The van der Waals surface area contributed by atoms with Gasteiger partial charge in [-0.15, -0.1) is 11.3 Å². The molecule has 0 spiro atoms. The highest BCUT2D eigenvalue weighted by Gasteiger charge is 2.24. The summed E-state index contributed by atoms with van der Waals surface area (Å²) in [6.45, 7) is 3.37. The lowest BCUT2D eigenvalue weighted by atomic mass is 10.1. The highest BCUT2D eigenvalue weighted by Crippen LogP contribution is 2.21. The summed E-state index contributed by atoms with van der Waals surface area (Å²) in [5, 5.41) is 2.06. The molecule has 1 aromatic heterocycles. The van der Waals surface area contributed by atoms with Crippen molar-refractivity contribution in [3.63, 3.8) is 0 Å². The maximum absolute atomic E-state index is 11.6. The van der Waals surface area contributed by atoms with Crippen molar-refractivity contribution in [1.29, 1.82) is 0 Å². The molecule has 3 nitrogen and oxygen atoms in total. The van der Waals surface area contributed by atoms with Crippen LogP contribution in [-0.4, -0.2) is 23.1 Å². The van der Waals surface area contributed by atoms with Crippen LogP contribution in [0.25, 0.3) is 0 Å². The summed E-state index contributed by atoms with van der Waals surface area (Å²) in [4.78, 5) is 25.8. The Balaban J connectivity index is 2.04. The van der Waals surface area contributed by atoms with Gasteiger partial charge in [-0.2, -0.15) is 0 Å². The van der Waals surface area contributed by atoms with Gasteiger partial charge < -0.3 is 4.90 Å². The third kappa shape index (κ3) is 2.32. The van der Waals surface area contributed by atoms with Crippen LogP contribution in [0.5, 0.6) is 0 Å². The fourth-order valence-corrected chi connectivity index (χ4v) is 2.91. The first-order valence-electron chi connectivity index (χ1n) is 5.55. The second kappa shape index (κ2) is 4.78. The number of Topliss-reactive ketones (excluding diaryl/α,β-unsaturated/α-hetero) is 1. The monoisotopic (exact) mass is 237 g/mol. The largest absolute Gasteiger partial charge is 0.337 e. The molecule has 2 heterocycles. The molecule has 2 rings (SSSR count). The normalized spacial score (nSPS) is 16.9. The summed E-state index contributed by atoms with van der Waals surface area (Å²) < 4.78 is 0. The number of thiophene rings is 1. The minimum atomic E-state index is -0.0216. The minimum Gasteiger partial charge on any atom is -0.337 e. The van der Waals surface area contributed by atoms with Gasteiger partial charge in [0, 0.05) is 17.8 Å². The molecule has 0 atom stereocenters. The quantitative estimate of drug-likeness (QED) is 0.754. The molecule has 1 amide bonds. The number of nitrogens with zero attached hydrogens (tertiary/aromatic N) is 1. The fraction of sp³-hybridized carbons (Fsp3) is 0.500. The summed E-state index contributed by atoms with van der Waals surface area (Å²) in [5.74, 6) is 0.0508. The first kappa shape index (κ1) is 11.3. The Labute approximate surface area is 99.1 Å². The van der Waals surface area contributed by atoms with Gasteiger partial charge in [0.2, 0.25) is 5.91 Å². The molecule has 0 aromatic carbocycles. The highest BCUT2D eigenvalue weighted by atomic mass is 32.1. The molecule has 4 heteroatoms. The first-order valence-corrected chi connectivity index (χ1v) is 6.43. The molecule has 16 heavy (non-hydrogen) atoms. The number of piperidine rings is 1. The van der Waals surface area contributed by atoms with Crippen LogP contribution in [0, 0.1) is 0 Å². The van der Waals surface area contributed by atoms with Crippen molar-refractivity contribution in [2.75, 3.05) is 6.54 Å². The third-order valence-electron chi connectivity index (χ3n) is 2.91. The van der Waals surface area contributed by atoms with Crippen molar-refractivity contribution in [3.8, 4) is 0 Å². The summed E-state index contributed by atoms with van der Waals surface area (Å²) in [6, 6.07) is 2.11. The third-order valence-corrected chi connectivity index (χ3v) is 3.86. The van der Waals surface area contributed by atoms with Crippen LogP contribution in [0.3, 0.4) is 0 Å². The summed E-state index contributed by atoms with van der Waals surface area (Å²) in [7, 11) is 0. The predicted octanol–water partition coefficient (Wildman–Crippen LogP) is 2.00. The molecule has 86 valence electrons. The van der Waals surface area contributed by atoms with E-state index in [9.17, 15) is 9.59 Å².